The molecule has 0 saturated heterocycles. The van der Waals surface area contributed by atoms with E-state index in [1.807, 2.05) is 18.9 Å². The highest BCUT2D eigenvalue weighted by Crippen LogP contribution is 2.30. The van der Waals surface area contributed by atoms with E-state index in [1.54, 1.807) is 6.07 Å². The van der Waals surface area contributed by atoms with Crippen LogP contribution in [0.3, 0.4) is 0 Å². The first-order valence-corrected chi connectivity index (χ1v) is 6.01. The van der Waals surface area contributed by atoms with Crippen LogP contribution in [0.5, 0.6) is 0 Å². The van der Waals surface area contributed by atoms with Crippen molar-refractivity contribution in [2.45, 2.75) is 19.8 Å². The summed E-state index contributed by atoms with van der Waals surface area (Å²) in [6.45, 7) is 2.83. The van der Waals surface area contributed by atoms with Crippen LogP contribution < -0.4 is 5.73 Å². The molecule has 1 fully saturated rings. The van der Waals surface area contributed by atoms with E-state index in [0.717, 1.165) is 27.9 Å². The fourth-order valence-corrected chi connectivity index (χ4v) is 2.50. The lowest BCUT2D eigenvalue weighted by Crippen LogP contribution is -2.28. The fraction of sp³-hybridized carbons (Fsp3) is 0.545. The standard InChI is InChI=1S/C11H16N2OS/c1-7-9(12)5-10(15-7)11(14)13(2)6-8-3-4-8/h5,8H,3-4,6,12H2,1-2H3. The molecule has 1 amide bonds. The van der Waals surface area contributed by atoms with Crippen LogP contribution >= 0.6 is 11.3 Å². The molecule has 15 heavy (non-hydrogen) atoms. The summed E-state index contributed by atoms with van der Waals surface area (Å²) in [4.78, 5) is 15.5. The van der Waals surface area contributed by atoms with Crippen molar-refractivity contribution in [2.24, 2.45) is 5.92 Å². The summed E-state index contributed by atoms with van der Waals surface area (Å²) >= 11 is 1.48. The van der Waals surface area contributed by atoms with Gasteiger partial charge in [-0.2, -0.15) is 0 Å². The Balaban J connectivity index is 2.05. The topological polar surface area (TPSA) is 46.3 Å². The summed E-state index contributed by atoms with van der Waals surface area (Å²) < 4.78 is 0. The van der Waals surface area contributed by atoms with Gasteiger partial charge < -0.3 is 10.6 Å². The molecule has 1 aliphatic rings. The second-order valence-electron chi connectivity index (χ2n) is 4.25. The van der Waals surface area contributed by atoms with Gasteiger partial charge in [0, 0.05) is 24.2 Å². The Hall–Kier alpha value is -1.03. The number of carbonyl (C=O) groups excluding carboxylic acids is 1. The van der Waals surface area contributed by atoms with Gasteiger partial charge in [-0.15, -0.1) is 11.3 Å². The van der Waals surface area contributed by atoms with E-state index in [9.17, 15) is 4.79 Å². The lowest BCUT2D eigenvalue weighted by Gasteiger charge is -2.15. The van der Waals surface area contributed by atoms with Crippen LogP contribution in [0.1, 0.15) is 27.4 Å². The Bertz CT molecular complexity index is 362. The van der Waals surface area contributed by atoms with E-state index in [0.29, 0.717) is 0 Å². The molecule has 1 saturated carbocycles. The molecular weight excluding hydrogens is 208 g/mol. The van der Waals surface area contributed by atoms with Gasteiger partial charge in [0.05, 0.1) is 4.88 Å². The molecule has 0 bridgehead atoms. The first kappa shape index (κ1) is 10.5. The van der Waals surface area contributed by atoms with Crippen LogP contribution in [0.15, 0.2) is 6.07 Å². The molecule has 3 nitrogen and oxygen atoms in total. The van der Waals surface area contributed by atoms with Crippen LogP contribution in [0.4, 0.5) is 5.69 Å². The van der Waals surface area contributed by atoms with Crippen LogP contribution in [-0.2, 0) is 0 Å². The molecule has 4 heteroatoms. The Morgan fingerprint density at radius 1 is 1.67 bits per heavy atom. The lowest BCUT2D eigenvalue weighted by atomic mass is 10.3. The number of aryl methyl sites for hydroxylation is 1. The molecular formula is C11H16N2OS. The van der Waals surface area contributed by atoms with E-state index in [-0.39, 0.29) is 5.91 Å². The molecule has 2 N–H and O–H groups in total. The first-order chi connectivity index (χ1) is 7.08. The maximum absolute atomic E-state index is 12.0. The molecule has 1 aliphatic carbocycles. The van der Waals surface area contributed by atoms with Crippen molar-refractivity contribution in [3.05, 3.63) is 15.8 Å². The minimum atomic E-state index is 0.103. The molecule has 2 rings (SSSR count). The third-order valence-corrected chi connectivity index (χ3v) is 3.80. The van der Waals surface area contributed by atoms with E-state index < -0.39 is 0 Å². The molecule has 1 heterocycles. The van der Waals surface area contributed by atoms with E-state index in [4.69, 9.17) is 5.73 Å². The highest BCUT2D eigenvalue weighted by molar-refractivity contribution is 7.14. The summed E-state index contributed by atoms with van der Waals surface area (Å²) in [6, 6.07) is 1.78. The highest BCUT2D eigenvalue weighted by atomic mass is 32.1. The quantitative estimate of drug-likeness (QED) is 0.854. The van der Waals surface area contributed by atoms with Crippen LogP contribution in [0, 0.1) is 12.8 Å². The summed E-state index contributed by atoms with van der Waals surface area (Å²) in [5.41, 5.74) is 6.46. The van der Waals surface area contributed by atoms with Gasteiger partial charge in [0.1, 0.15) is 0 Å². The molecule has 0 unspecified atom stereocenters. The third kappa shape index (κ3) is 2.31. The number of thiophene rings is 1. The average Bonchev–Trinajstić information content (AvgIpc) is 2.93. The number of nitrogens with two attached hydrogens (primary N) is 1. The maximum atomic E-state index is 12.0. The second kappa shape index (κ2) is 3.85. The summed E-state index contributed by atoms with van der Waals surface area (Å²) in [7, 11) is 1.87. The van der Waals surface area contributed by atoms with E-state index in [1.165, 1.54) is 24.2 Å². The van der Waals surface area contributed by atoms with Gasteiger partial charge in [-0.25, -0.2) is 0 Å². The van der Waals surface area contributed by atoms with Crippen molar-refractivity contribution in [1.82, 2.24) is 4.90 Å². The monoisotopic (exact) mass is 224 g/mol. The van der Waals surface area contributed by atoms with Crippen molar-refractivity contribution >= 4 is 22.9 Å². The SMILES string of the molecule is Cc1sc(C(=O)N(C)CC2CC2)cc1N. The lowest BCUT2D eigenvalue weighted by molar-refractivity contribution is 0.0793. The fourth-order valence-electron chi connectivity index (χ4n) is 1.56. The number of nitrogens with zero attached hydrogens (tertiary/aromatic N) is 1. The number of carbonyl (C=O) groups is 1. The predicted molar refractivity (Wildman–Crippen MR) is 63.2 cm³/mol. The first-order valence-electron chi connectivity index (χ1n) is 5.19. The van der Waals surface area contributed by atoms with Gasteiger partial charge in [-0.1, -0.05) is 0 Å². The zero-order chi connectivity index (χ0) is 11.0. The van der Waals surface area contributed by atoms with Crippen molar-refractivity contribution in [3.63, 3.8) is 0 Å². The third-order valence-electron chi connectivity index (χ3n) is 2.74. The summed E-state index contributed by atoms with van der Waals surface area (Å²) in [5, 5.41) is 0. The smallest absolute Gasteiger partial charge is 0.263 e. The van der Waals surface area contributed by atoms with Crippen molar-refractivity contribution < 1.29 is 4.79 Å². The van der Waals surface area contributed by atoms with Crippen LogP contribution in [0.25, 0.3) is 0 Å². The summed E-state index contributed by atoms with van der Waals surface area (Å²) in [6.07, 6.45) is 2.53. The van der Waals surface area contributed by atoms with Gasteiger partial charge in [-0.05, 0) is 31.7 Å². The van der Waals surface area contributed by atoms with E-state index in [2.05, 4.69) is 0 Å². The van der Waals surface area contributed by atoms with Crippen molar-refractivity contribution in [2.75, 3.05) is 19.3 Å². The number of amides is 1. The number of hydrogen-bond acceptors (Lipinski definition) is 3. The molecule has 0 aliphatic heterocycles. The normalized spacial score (nSPS) is 15.3. The number of anilines is 1. The van der Waals surface area contributed by atoms with Gasteiger partial charge in [-0.3, -0.25) is 4.79 Å². The second-order valence-corrected chi connectivity index (χ2v) is 5.51. The Kier molecular flexibility index (Phi) is 2.69. The van der Waals surface area contributed by atoms with Crippen LogP contribution in [-0.4, -0.2) is 24.4 Å². The van der Waals surface area contributed by atoms with Crippen LogP contribution in [0.2, 0.25) is 0 Å². The molecule has 0 atom stereocenters. The summed E-state index contributed by atoms with van der Waals surface area (Å²) in [5.74, 6) is 0.837. The largest absolute Gasteiger partial charge is 0.398 e. The zero-order valence-corrected chi connectivity index (χ0v) is 9.93. The number of nitrogen functional groups attached to an aromatic ring is 1. The number of rotatable bonds is 3. The van der Waals surface area contributed by atoms with Gasteiger partial charge in [0.2, 0.25) is 0 Å². The van der Waals surface area contributed by atoms with Crippen molar-refractivity contribution in [3.8, 4) is 0 Å². The molecule has 82 valence electrons. The molecule has 0 spiro atoms. The van der Waals surface area contributed by atoms with Gasteiger partial charge >= 0.3 is 0 Å². The minimum Gasteiger partial charge on any atom is -0.398 e. The number of hydrogen-bond donors (Lipinski definition) is 1. The molecule has 0 aromatic carbocycles. The van der Waals surface area contributed by atoms with Gasteiger partial charge in [0.15, 0.2) is 0 Å². The Morgan fingerprint density at radius 2 is 2.33 bits per heavy atom. The van der Waals surface area contributed by atoms with Gasteiger partial charge in [0.25, 0.3) is 5.91 Å². The Labute approximate surface area is 93.9 Å². The molecule has 1 aromatic rings. The van der Waals surface area contributed by atoms with Crippen molar-refractivity contribution in [1.29, 1.82) is 0 Å². The predicted octanol–water partition coefficient (Wildman–Crippen LogP) is 2.12. The minimum absolute atomic E-state index is 0.103. The van der Waals surface area contributed by atoms with E-state index >= 15 is 0 Å². The maximum Gasteiger partial charge on any atom is 0.263 e. The zero-order valence-electron chi connectivity index (χ0n) is 9.12. The average molecular weight is 224 g/mol. The molecule has 1 aromatic heterocycles. The Morgan fingerprint density at radius 3 is 2.80 bits per heavy atom. The highest BCUT2D eigenvalue weighted by Gasteiger charge is 2.25. The molecule has 0 radical (unpaired) electrons.